The fraction of sp³-hybridized carbons (Fsp3) is 0.389. The fourth-order valence-corrected chi connectivity index (χ4v) is 3.20. The maximum atomic E-state index is 12.6. The molecule has 0 bridgehead atoms. The van der Waals surface area contributed by atoms with E-state index in [1.807, 2.05) is 44.2 Å². The number of piperidine rings is 1. The van der Waals surface area contributed by atoms with Crippen molar-refractivity contribution < 1.29 is 4.79 Å². The highest BCUT2D eigenvalue weighted by Gasteiger charge is 2.27. The van der Waals surface area contributed by atoms with Crippen LogP contribution in [-0.2, 0) is 4.79 Å². The summed E-state index contributed by atoms with van der Waals surface area (Å²) in [7, 11) is 0. The summed E-state index contributed by atoms with van der Waals surface area (Å²) in [4.78, 5) is 14.7. The number of rotatable bonds is 3. The highest BCUT2D eigenvalue weighted by molar-refractivity contribution is 6.33. The van der Waals surface area contributed by atoms with Crippen LogP contribution in [0.4, 0.5) is 11.5 Å². The zero-order chi connectivity index (χ0) is 17.1. The van der Waals surface area contributed by atoms with E-state index in [9.17, 15) is 4.79 Å². The first kappa shape index (κ1) is 16.7. The summed E-state index contributed by atoms with van der Waals surface area (Å²) in [6.45, 7) is 5.42. The molecular weight excluding hydrogens is 324 g/mol. The molecule has 1 N–H and O–H groups in total. The van der Waals surface area contributed by atoms with Crippen molar-refractivity contribution >= 4 is 29.0 Å². The topological polar surface area (TPSA) is 58.1 Å². The molecule has 1 aliphatic rings. The molecule has 1 amide bonds. The van der Waals surface area contributed by atoms with Crippen molar-refractivity contribution in [3.8, 4) is 0 Å². The molecule has 0 aliphatic carbocycles. The van der Waals surface area contributed by atoms with Gasteiger partial charge in [0.1, 0.15) is 0 Å². The molecule has 3 rings (SSSR count). The minimum atomic E-state index is -0.0841. The number of benzene rings is 1. The van der Waals surface area contributed by atoms with E-state index in [2.05, 4.69) is 20.4 Å². The van der Waals surface area contributed by atoms with Gasteiger partial charge in [-0.1, -0.05) is 17.7 Å². The molecule has 2 heterocycles. The van der Waals surface area contributed by atoms with Crippen LogP contribution < -0.4 is 10.2 Å². The van der Waals surface area contributed by atoms with Crippen LogP contribution in [0.15, 0.2) is 30.3 Å². The normalized spacial score (nSPS) is 17.6. The molecule has 6 heteroatoms. The summed E-state index contributed by atoms with van der Waals surface area (Å²) < 4.78 is 0. The average Bonchev–Trinajstić information content (AvgIpc) is 2.58. The molecule has 1 aromatic heterocycles. The number of aromatic nitrogens is 2. The number of halogens is 1. The van der Waals surface area contributed by atoms with E-state index in [0.29, 0.717) is 17.3 Å². The highest BCUT2D eigenvalue weighted by Crippen LogP contribution is 2.26. The lowest BCUT2D eigenvalue weighted by atomic mass is 9.97. The molecule has 5 nitrogen and oxygen atoms in total. The summed E-state index contributed by atoms with van der Waals surface area (Å²) >= 11 is 6.21. The van der Waals surface area contributed by atoms with Crippen LogP contribution in [0.2, 0.25) is 5.02 Å². The van der Waals surface area contributed by atoms with E-state index in [4.69, 9.17) is 11.6 Å². The van der Waals surface area contributed by atoms with Crippen molar-refractivity contribution in [3.05, 3.63) is 46.6 Å². The van der Waals surface area contributed by atoms with Crippen LogP contribution in [0.3, 0.4) is 0 Å². The van der Waals surface area contributed by atoms with Gasteiger partial charge in [0, 0.05) is 13.1 Å². The summed E-state index contributed by atoms with van der Waals surface area (Å²) in [6.07, 6.45) is 1.82. The second-order valence-corrected chi connectivity index (χ2v) is 6.70. The number of hydrogen-bond donors (Lipinski definition) is 1. The van der Waals surface area contributed by atoms with E-state index >= 15 is 0 Å². The lowest BCUT2D eigenvalue weighted by Gasteiger charge is -2.32. The minimum Gasteiger partial charge on any atom is -0.354 e. The molecule has 24 heavy (non-hydrogen) atoms. The van der Waals surface area contributed by atoms with Crippen molar-refractivity contribution in [2.75, 3.05) is 23.3 Å². The fourth-order valence-electron chi connectivity index (χ4n) is 2.92. The predicted molar refractivity (Wildman–Crippen MR) is 96.5 cm³/mol. The molecule has 1 fully saturated rings. The van der Waals surface area contributed by atoms with Gasteiger partial charge < -0.3 is 10.2 Å². The van der Waals surface area contributed by atoms with Gasteiger partial charge in [0.2, 0.25) is 5.91 Å². The maximum absolute atomic E-state index is 12.6. The third kappa shape index (κ3) is 3.85. The number of carbonyl (C=O) groups is 1. The van der Waals surface area contributed by atoms with Crippen LogP contribution >= 0.6 is 11.6 Å². The number of amides is 1. The van der Waals surface area contributed by atoms with Gasteiger partial charge in [0.25, 0.3) is 0 Å². The average molecular weight is 345 g/mol. The molecule has 2 aromatic rings. The summed E-state index contributed by atoms with van der Waals surface area (Å²) in [6, 6.07) is 9.54. The smallest absolute Gasteiger partial charge is 0.229 e. The first-order valence-electron chi connectivity index (χ1n) is 8.15. The maximum Gasteiger partial charge on any atom is 0.229 e. The zero-order valence-corrected chi connectivity index (χ0v) is 14.7. The Morgan fingerprint density at radius 3 is 2.79 bits per heavy atom. The molecule has 0 radical (unpaired) electrons. The van der Waals surface area contributed by atoms with Crippen LogP contribution in [-0.4, -0.2) is 29.2 Å². The van der Waals surface area contributed by atoms with Gasteiger partial charge >= 0.3 is 0 Å². The van der Waals surface area contributed by atoms with E-state index < -0.39 is 0 Å². The second kappa shape index (κ2) is 7.18. The highest BCUT2D eigenvalue weighted by atomic mass is 35.5. The molecule has 1 aromatic carbocycles. The van der Waals surface area contributed by atoms with E-state index in [1.54, 1.807) is 0 Å². The molecule has 1 unspecified atom stereocenters. The van der Waals surface area contributed by atoms with Crippen molar-refractivity contribution in [1.82, 2.24) is 10.2 Å². The van der Waals surface area contributed by atoms with E-state index in [1.165, 1.54) is 0 Å². The van der Waals surface area contributed by atoms with Gasteiger partial charge in [0.15, 0.2) is 5.82 Å². The summed E-state index contributed by atoms with van der Waals surface area (Å²) in [5, 5.41) is 11.9. The van der Waals surface area contributed by atoms with Gasteiger partial charge in [-0.3, -0.25) is 4.79 Å². The zero-order valence-electron chi connectivity index (χ0n) is 13.9. The Morgan fingerprint density at radius 1 is 1.25 bits per heavy atom. The van der Waals surface area contributed by atoms with Gasteiger partial charge in [-0.05, 0) is 56.5 Å². The van der Waals surface area contributed by atoms with Crippen LogP contribution in [0.25, 0.3) is 0 Å². The lowest BCUT2D eigenvalue weighted by Crippen LogP contribution is -2.41. The Morgan fingerprint density at radius 2 is 2.08 bits per heavy atom. The molecule has 1 atom stereocenters. The first-order valence-corrected chi connectivity index (χ1v) is 8.53. The Hall–Kier alpha value is -2.14. The Kier molecular flexibility index (Phi) is 5.00. The van der Waals surface area contributed by atoms with Crippen molar-refractivity contribution in [2.24, 2.45) is 5.92 Å². The predicted octanol–water partition coefficient (Wildman–Crippen LogP) is 3.60. The molecule has 1 saturated heterocycles. The quantitative estimate of drug-likeness (QED) is 0.924. The van der Waals surface area contributed by atoms with Gasteiger partial charge in [-0.2, -0.15) is 5.10 Å². The van der Waals surface area contributed by atoms with Gasteiger partial charge in [0.05, 0.1) is 22.3 Å². The Balaban J connectivity index is 1.67. The third-order valence-electron chi connectivity index (χ3n) is 4.28. The van der Waals surface area contributed by atoms with Crippen molar-refractivity contribution in [3.63, 3.8) is 0 Å². The number of hydrogen-bond acceptors (Lipinski definition) is 4. The van der Waals surface area contributed by atoms with E-state index in [0.717, 1.165) is 36.5 Å². The molecule has 1 aliphatic heterocycles. The van der Waals surface area contributed by atoms with Crippen LogP contribution in [0.5, 0.6) is 0 Å². The number of nitrogens with one attached hydrogen (secondary N) is 1. The molecule has 126 valence electrons. The number of anilines is 2. The second-order valence-electron chi connectivity index (χ2n) is 6.29. The number of carbonyl (C=O) groups excluding carboxylic acids is 1. The molecular formula is C18H21ClN4O. The van der Waals surface area contributed by atoms with Crippen LogP contribution in [0.1, 0.15) is 24.1 Å². The number of aryl methyl sites for hydroxylation is 2. The third-order valence-corrected chi connectivity index (χ3v) is 4.60. The Labute approximate surface area is 147 Å². The Bertz CT molecular complexity index is 732. The molecule has 0 spiro atoms. The summed E-state index contributed by atoms with van der Waals surface area (Å²) in [5.41, 5.74) is 2.62. The van der Waals surface area contributed by atoms with Crippen LogP contribution in [0, 0.1) is 19.8 Å². The lowest BCUT2D eigenvalue weighted by molar-refractivity contribution is -0.120. The van der Waals surface area contributed by atoms with E-state index in [-0.39, 0.29) is 11.8 Å². The monoisotopic (exact) mass is 344 g/mol. The van der Waals surface area contributed by atoms with Gasteiger partial charge in [-0.25, -0.2) is 0 Å². The summed E-state index contributed by atoms with van der Waals surface area (Å²) in [5.74, 6) is 0.746. The minimum absolute atomic E-state index is 0.00511. The largest absolute Gasteiger partial charge is 0.354 e. The van der Waals surface area contributed by atoms with Gasteiger partial charge in [-0.15, -0.1) is 5.10 Å². The standard InChI is InChI=1S/C18H21ClN4O/c1-12-5-7-16(15(19)10-12)20-18(24)14-4-3-9-23(11-14)17-8-6-13(2)21-22-17/h5-8,10,14H,3-4,9,11H2,1-2H3,(H,20,24). The SMILES string of the molecule is Cc1ccc(NC(=O)C2CCCN(c3ccc(C)nn3)C2)c(Cl)c1. The van der Waals surface area contributed by atoms with Crippen molar-refractivity contribution in [1.29, 1.82) is 0 Å². The number of nitrogens with zero attached hydrogens (tertiary/aromatic N) is 3. The van der Waals surface area contributed by atoms with Crippen molar-refractivity contribution in [2.45, 2.75) is 26.7 Å². The molecule has 0 saturated carbocycles. The first-order chi connectivity index (χ1) is 11.5.